The summed E-state index contributed by atoms with van der Waals surface area (Å²) in [5.41, 5.74) is 0. The highest BCUT2D eigenvalue weighted by atomic mass is 16.5. The standard InChI is InChI=1S/C10H18O3/c1-3-4-5-6-7-8-13-10(12)9(2)11/h11H,2-8H2,1H3. The van der Waals surface area contributed by atoms with Gasteiger partial charge in [0, 0.05) is 0 Å². The van der Waals surface area contributed by atoms with Gasteiger partial charge in [-0.1, -0.05) is 32.6 Å². The van der Waals surface area contributed by atoms with Crippen LogP contribution >= 0.6 is 0 Å². The van der Waals surface area contributed by atoms with Crippen LogP contribution in [0.5, 0.6) is 0 Å². The second kappa shape index (κ2) is 7.65. The first-order valence-corrected chi connectivity index (χ1v) is 4.73. The zero-order valence-corrected chi connectivity index (χ0v) is 8.21. The molecule has 0 spiro atoms. The van der Waals surface area contributed by atoms with Crippen molar-refractivity contribution in [2.75, 3.05) is 6.61 Å². The number of carbonyl (C=O) groups excluding carboxylic acids is 1. The van der Waals surface area contributed by atoms with Crippen LogP contribution < -0.4 is 0 Å². The van der Waals surface area contributed by atoms with E-state index < -0.39 is 11.7 Å². The molecule has 0 bridgehead atoms. The van der Waals surface area contributed by atoms with E-state index in [2.05, 4.69) is 13.5 Å². The molecule has 1 N–H and O–H groups in total. The summed E-state index contributed by atoms with van der Waals surface area (Å²) in [5, 5.41) is 8.59. The molecule has 0 aromatic rings. The predicted octanol–water partition coefficient (Wildman–Crippen LogP) is 2.57. The number of hydrogen-bond acceptors (Lipinski definition) is 3. The molecule has 0 radical (unpaired) electrons. The normalized spacial score (nSPS) is 9.62. The van der Waals surface area contributed by atoms with Crippen molar-refractivity contribution in [1.82, 2.24) is 0 Å². The number of hydrogen-bond donors (Lipinski definition) is 1. The van der Waals surface area contributed by atoms with Gasteiger partial charge >= 0.3 is 5.97 Å². The third-order valence-corrected chi connectivity index (χ3v) is 1.72. The van der Waals surface area contributed by atoms with E-state index in [0.717, 1.165) is 12.8 Å². The first kappa shape index (κ1) is 12.0. The Morgan fingerprint density at radius 1 is 1.31 bits per heavy atom. The summed E-state index contributed by atoms with van der Waals surface area (Å²) in [4.78, 5) is 10.7. The lowest BCUT2D eigenvalue weighted by Gasteiger charge is -2.02. The molecule has 3 heteroatoms. The maximum Gasteiger partial charge on any atom is 0.372 e. The largest absolute Gasteiger partial charge is 0.502 e. The van der Waals surface area contributed by atoms with Crippen LogP contribution in [-0.4, -0.2) is 17.7 Å². The molecule has 0 aliphatic rings. The van der Waals surface area contributed by atoms with E-state index in [1.165, 1.54) is 19.3 Å². The van der Waals surface area contributed by atoms with Gasteiger partial charge in [0.2, 0.25) is 0 Å². The van der Waals surface area contributed by atoms with Gasteiger partial charge in [-0.2, -0.15) is 0 Å². The molecule has 13 heavy (non-hydrogen) atoms. The molecule has 76 valence electrons. The summed E-state index contributed by atoms with van der Waals surface area (Å²) in [6, 6.07) is 0. The molecule has 0 amide bonds. The van der Waals surface area contributed by atoms with Crippen LogP contribution in [0.25, 0.3) is 0 Å². The van der Waals surface area contributed by atoms with Gasteiger partial charge in [-0.05, 0) is 13.0 Å². The highest BCUT2D eigenvalue weighted by molar-refractivity contribution is 5.84. The van der Waals surface area contributed by atoms with Crippen LogP contribution in [0, 0.1) is 0 Å². The predicted molar refractivity (Wildman–Crippen MR) is 51.5 cm³/mol. The van der Waals surface area contributed by atoms with E-state index in [4.69, 9.17) is 9.84 Å². The highest BCUT2D eigenvalue weighted by Crippen LogP contribution is 2.02. The van der Waals surface area contributed by atoms with Crippen molar-refractivity contribution in [2.45, 2.75) is 39.0 Å². The van der Waals surface area contributed by atoms with E-state index in [-0.39, 0.29) is 0 Å². The van der Waals surface area contributed by atoms with Crippen LogP contribution in [0.1, 0.15) is 39.0 Å². The molecule has 0 atom stereocenters. The Kier molecular flexibility index (Phi) is 7.07. The zero-order valence-electron chi connectivity index (χ0n) is 8.21. The Hall–Kier alpha value is -0.990. The van der Waals surface area contributed by atoms with E-state index in [0.29, 0.717) is 6.61 Å². The third kappa shape index (κ3) is 7.37. The number of ether oxygens (including phenoxy) is 1. The van der Waals surface area contributed by atoms with Crippen LogP contribution in [0.15, 0.2) is 12.3 Å². The summed E-state index contributed by atoms with van der Waals surface area (Å²) in [5.74, 6) is -1.23. The second-order valence-corrected chi connectivity index (χ2v) is 3.00. The number of aliphatic hydroxyl groups excluding tert-OH is 1. The first-order valence-electron chi connectivity index (χ1n) is 4.73. The van der Waals surface area contributed by atoms with Gasteiger partial charge in [0.25, 0.3) is 0 Å². The minimum Gasteiger partial charge on any atom is -0.502 e. The monoisotopic (exact) mass is 186 g/mol. The molecule has 0 aliphatic carbocycles. The van der Waals surface area contributed by atoms with Crippen molar-refractivity contribution in [3.63, 3.8) is 0 Å². The Balaban J connectivity index is 3.16. The smallest absolute Gasteiger partial charge is 0.372 e. The van der Waals surface area contributed by atoms with Crippen LogP contribution in [0.3, 0.4) is 0 Å². The number of unbranched alkanes of at least 4 members (excludes halogenated alkanes) is 4. The maximum absolute atomic E-state index is 10.7. The van der Waals surface area contributed by atoms with Gasteiger partial charge in [-0.3, -0.25) is 0 Å². The topological polar surface area (TPSA) is 46.5 Å². The Labute approximate surface area is 79.4 Å². The van der Waals surface area contributed by atoms with Gasteiger partial charge in [0.1, 0.15) is 0 Å². The van der Waals surface area contributed by atoms with Gasteiger partial charge in [-0.25, -0.2) is 4.79 Å². The first-order chi connectivity index (χ1) is 6.18. The minimum absolute atomic E-state index is 0.377. The summed E-state index contributed by atoms with van der Waals surface area (Å²) in [6.45, 7) is 5.59. The van der Waals surface area contributed by atoms with Crippen molar-refractivity contribution < 1.29 is 14.6 Å². The molecule has 0 saturated carbocycles. The third-order valence-electron chi connectivity index (χ3n) is 1.72. The molecule has 0 aromatic carbocycles. The van der Waals surface area contributed by atoms with E-state index in [1.807, 2.05) is 0 Å². The lowest BCUT2D eigenvalue weighted by atomic mass is 10.2. The molecular weight excluding hydrogens is 168 g/mol. The molecule has 0 aromatic heterocycles. The van der Waals surface area contributed by atoms with Gasteiger partial charge in [0.15, 0.2) is 5.76 Å². The molecule has 0 saturated heterocycles. The van der Waals surface area contributed by atoms with E-state index in [1.54, 1.807) is 0 Å². The number of aliphatic hydroxyl groups is 1. The molecule has 0 unspecified atom stereocenters. The molecule has 0 fully saturated rings. The van der Waals surface area contributed by atoms with E-state index in [9.17, 15) is 4.79 Å². The molecule has 0 aliphatic heterocycles. The van der Waals surface area contributed by atoms with Crippen molar-refractivity contribution in [3.05, 3.63) is 12.3 Å². The van der Waals surface area contributed by atoms with Crippen molar-refractivity contribution >= 4 is 5.97 Å². The van der Waals surface area contributed by atoms with Crippen LogP contribution in [0.2, 0.25) is 0 Å². The number of esters is 1. The van der Waals surface area contributed by atoms with Gasteiger partial charge < -0.3 is 9.84 Å². The fourth-order valence-electron chi connectivity index (χ4n) is 0.954. The van der Waals surface area contributed by atoms with Gasteiger partial charge in [-0.15, -0.1) is 0 Å². The van der Waals surface area contributed by atoms with Crippen LogP contribution in [0.4, 0.5) is 0 Å². The number of carbonyl (C=O) groups is 1. The van der Waals surface area contributed by atoms with Crippen LogP contribution in [-0.2, 0) is 9.53 Å². The average Bonchev–Trinajstić information content (AvgIpc) is 2.10. The fourth-order valence-corrected chi connectivity index (χ4v) is 0.954. The minimum atomic E-state index is -0.713. The number of rotatable bonds is 7. The molecule has 3 nitrogen and oxygen atoms in total. The Morgan fingerprint density at radius 2 is 1.92 bits per heavy atom. The van der Waals surface area contributed by atoms with Crippen molar-refractivity contribution in [2.24, 2.45) is 0 Å². The zero-order chi connectivity index (χ0) is 10.1. The average molecular weight is 186 g/mol. The van der Waals surface area contributed by atoms with Gasteiger partial charge in [0.05, 0.1) is 6.61 Å². The summed E-state index contributed by atoms with van der Waals surface area (Å²) in [7, 11) is 0. The fraction of sp³-hybridized carbons (Fsp3) is 0.700. The lowest BCUT2D eigenvalue weighted by Crippen LogP contribution is -2.07. The molecule has 0 rings (SSSR count). The summed E-state index contributed by atoms with van der Waals surface area (Å²) >= 11 is 0. The molecule has 0 heterocycles. The summed E-state index contributed by atoms with van der Waals surface area (Å²) in [6.07, 6.45) is 5.53. The Morgan fingerprint density at radius 3 is 2.46 bits per heavy atom. The molecular formula is C10H18O3. The summed E-state index contributed by atoms with van der Waals surface area (Å²) < 4.78 is 4.70. The SMILES string of the molecule is C=C(O)C(=O)OCCCCCCC. The lowest BCUT2D eigenvalue weighted by molar-refractivity contribution is -0.142. The maximum atomic E-state index is 10.7. The second-order valence-electron chi connectivity index (χ2n) is 3.00. The Bertz CT molecular complexity index is 164. The quantitative estimate of drug-likeness (QED) is 0.288. The van der Waals surface area contributed by atoms with Crippen molar-refractivity contribution in [3.8, 4) is 0 Å². The van der Waals surface area contributed by atoms with Crippen molar-refractivity contribution in [1.29, 1.82) is 0 Å². The highest BCUT2D eigenvalue weighted by Gasteiger charge is 2.04. The van der Waals surface area contributed by atoms with E-state index >= 15 is 0 Å².